The number of aromatic nitrogens is 1. The van der Waals surface area contributed by atoms with Crippen molar-refractivity contribution in [2.24, 2.45) is 0 Å². The standard InChI is InChI=1S/C13H9F4NO/c1-19-12-6-10(11(14)7-18-12)8-3-2-4-9(5-8)13(15,16)17/h2-7H,1H3. The fourth-order valence-corrected chi connectivity index (χ4v) is 1.62. The summed E-state index contributed by atoms with van der Waals surface area (Å²) in [6, 6.07) is 5.69. The number of ether oxygens (including phenoxy) is 1. The first-order chi connectivity index (χ1) is 8.91. The number of hydrogen-bond acceptors (Lipinski definition) is 2. The number of alkyl halides is 3. The fraction of sp³-hybridized carbons (Fsp3) is 0.154. The zero-order valence-electron chi connectivity index (χ0n) is 9.83. The van der Waals surface area contributed by atoms with E-state index in [1.54, 1.807) is 0 Å². The van der Waals surface area contributed by atoms with E-state index in [9.17, 15) is 17.6 Å². The van der Waals surface area contributed by atoms with Gasteiger partial charge in [-0.05, 0) is 17.7 Å². The number of methoxy groups -OCH3 is 1. The summed E-state index contributed by atoms with van der Waals surface area (Å²) in [5.41, 5.74) is -0.703. The van der Waals surface area contributed by atoms with Crippen molar-refractivity contribution in [3.63, 3.8) is 0 Å². The third kappa shape index (κ3) is 2.83. The molecular formula is C13H9F4NO. The van der Waals surface area contributed by atoms with Crippen molar-refractivity contribution < 1.29 is 22.3 Å². The SMILES string of the molecule is COc1cc(-c2cccc(C(F)(F)F)c2)c(F)cn1. The van der Waals surface area contributed by atoms with Crippen LogP contribution >= 0.6 is 0 Å². The normalized spacial score (nSPS) is 11.4. The average Bonchev–Trinajstić information content (AvgIpc) is 2.38. The van der Waals surface area contributed by atoms with Crippen molar-refractivity contribution in [1.29, 1.82) is 0 Å². The van der Waals surface area contributed by atoms with E-state index in [2.05, 4.69) is 4.98 Å². The summed E-state index contributed by atoms with van der Waals surface area (Å²) in [6.45, 7) is 0. The number of halogens is 4. The van der Waals surface area contributed by atoms with E-state index in [1.165, 1.54) is 25.3 Å². The van der Waals surface area contributed by atoms with Crippen molar-refractivity contribution in [1.82, 2.24) is 4.98 Å². The maximum Gasteiger partial charge on any atom is 0.416 e. The summed E-state index contributed by atoms with van der Waals surface area (Å²) in [5.74, 6) is -0.575. The lowest BCUT2D eigenvalue weighted by atomic mass is 10.0. The van der Waals surface area contributed by atoms with Gasteiger partial charge in [0.15, 0.2) is 0 Å². The van der Waals surface area contributed by atoms with E-state index in [-0.39, 0.29) is 17.0 Å². The molecule has 0 saturated carbocycles. The molecule has 6 heteroatoms. The van der Waals surface area contributed by atoms with Crippen LogP contribution in [0.3, 0.4) is 0 Å². The predicted octanol–water partition coefficient (Wildman–Crippen LogP) is 3.92. The molecule has 0 unspecified atom stereocenters. The highest BCUT2D eigenvalue weighted by molar-refractivity contribution is 5.65. The number of hydrogen-bond donors (Lipinski definition) is 0. The van der Waals surface area contributed by atoms with Gasteiger partial charge in [-0.2, -0.15) is 13.2 Å². The van der Waals surface area contributed by atoms with Crippen LogP contribution in [0.2, 0.25) is 0 Å². The Kier molecular flexibility index (Phi) is 3.42. The molecule has 2 nitrogen and oxygen atoms in total. The lowest BCUT2D eigenvalue weighted by Crippen LogP contribution is -2.04. The summed E-state index contributed by atoms with van der Waals surface area (Å²) >= 11 is 0. The van der Waals surface area contributed by atoms with Gasteiger partial charge in [-0.15, -0.1) is 0 Å². The molecule has 0 radical (unpaired) electrons. The van der Waals surface area contributed by atoms with E-state index in [1.807, 2.05) is 0 Å². The van der Waals surface area contributed by atoms with Crippen LogP contribution in [-0.4, -0.2) is 12.1 Å². The first kappa shape index (κ1) is 13.3. The van der Waals surface area contributed by atoms with Crippen LogP contribution in [-0.2, 0) is 6.18 Å². The minimum atomic E-state index is -4.47. The summed E-state index contributed by atoms with van der Waals surface area (Å²) in [4.78, 5) is 3.63. The van der Waals surface area contributed by atoms with Crippen molar-refractivity contribution in [2.75, 3.05) is 7.11 Å². The number of benzene rings is 1. The van der Waals surface area contributed by atoms with Crippen LogP contribution < -0.4 is 4.74 Å². The molecule has 0 spiro atoms. The average molecular weight is 271 g/mol. The van der Waals surface area contributed by atoms with Gasteiger partial charge in [0.2, 0.25) is 5.88 Å². The van der Waals surface area contributed by atoms with Gasteiger partial charge in [-0.25, -0.2) is 9.37 Å². The lowest BCUT2D eigenvalue weighted by Gasteiger charge is -2.10. The Hall–Kier alpha value is -2.11. The Labute approximate surface area is 106 Å². The minimum Gasteiger partial charge on any atom is -0.481 e. The second kappa shape index (κ2) is 4.87. The first-order valence-electron chi connectivity index (χ1n) is 5.29. The van der Waals surface area contributed by atoms with Crippen LogP contribution in [0.1, 0.15) is 5.56 Å². The quantitative estimate of drug-likeness (QED) is 0.772. The smallest absolute Gasteiger partial charge is 0.416 e. The molecule has 1 aromatic heterocycles. The van der Waals surface area contributed by atoms with Gasteiger partial charge in [0.1, 0.15) is 5.82 Å². The maximum atomic E-state index is 13.6. The zero-order valence-corrected chi connectivity index (χ0v) is 9.83. The Morgan fingerprint density at radius 2 is 1.89 bits per heavy atom. The highest BCUT2D eigenvalue weighted by Gasteiger charge is 2.30. The van der Waals surface area contributed by atoms with Crippen molar-refractivity contribution in [2.45, 2.75) is 6.18 Å². The van der Waals surface area contributed by atoms with Crippen molar-refractivity contribution >= 4 is 0 Å². The summed E-state index contributed by atoms with van der Waals surface area (Å²) in [6.07, 6.45) is -3.56. The molecule has 0 aliphatic rings. The van der Waals surface area contributed by atoms with Crippen LogP contribution in [0.5, 0.6) is 5.88 Å². The van der Waals surface area contributed by atoms with Crippen molar-refractivity contribution in [3.8, 4) is 17.0 Å². The molecule has 0 aliphatic carbocycles. The first-order valence-corrected chi connectivity index (χ1v) is 5.29. The molecule has 2 aromatic rings. The third-order valence-electron chi connectivity index (χ3n) is 2.54. The molecule has 0 amide bonds. The zero-order chi connectivity index (χ0) is 14.0. The van der Waals surface area contributed by atoms with Gasteiger partial charge in [0.05, 0.1) is 18.9 Å². The Morgan fingerprint density at radius 1 is 1.16 bits per heavy atom. The van der Waals surface area contributed by atoms with Gasteiger partial charge in [0, 0.05) is 11.6 Å². The topological polar surface area (TPSA) is 22.1 Å². The molecule has 19 heavy (non-hydrogen) atoms. The lowest BCUT2D eigenvalue weighted by molar-refractivity contribution is -0.137. The van der Waals surface area contributed by atoms with E-state index < -0.39 is 17.6 Å². The molecule has 1 heterocycles. The Balaban J connectivity index is 2.53. The van der Waals surface area contributed by atoms with Gasteiger partial charge in [-0.3, -0.25) is 0 Å². The largest absolute Gasteiger partial charge is 0.481 e. The van der Waals surface area contributed by atoms with E-state index in [4.69, 9.17) is 4.74 Å². The fourth-order valence-electron chi connectivity index (χ4n) is 1.62. The van der Waals surface area contributed by atoms with Crippen LogP contribution in [0.15, 0.2) is 36.5 Å². The van der Waals surface area contributed by atoms with Gasteiger partial charge in [0.25, 0.3) is 0 Å². The van der Waals surface area contributed by atoms with Gasteiger partial charge >= 0.3 is 6.18 Å². The Bertz CT molecular complexity index is 595. The molecule has 0 atom stereocenters. The minimum absolute atomic E-state index is 0.0120. The van der Waals surface area contributed by atoms with E-state index in [0.29, 0.717) is 0 Å². The van der Waals surface area contributed by atoms with Crippen molar-refractivity contribution in [3.05, 3.63) is 47.9 Å². The molecular weight excluding hydrogens is 262 g/mol. The van der Waals surface area contributed by atoms with E-state index in [0.717, 1.165) is 18.3 Å². The third-order valence-corrected chi connectivity index (χ3v) is 2.54. The summed E-state index contributed by atoms with van der Waals surface area (Å²) in [7, 11) is 1.34. The second-order valence-corrected chi connectivity index (χ2v) is 3.79. The molecule has 0 N–H and O–H groups in total. The second-order valence-electron chi connectivity index (χ2n) is 3.79. The number of nitrogens with zero attached hydrogens (tertiary/aromatic N) is 1. The number of pyridine rings is 1. The molecule has 0 saturated heterocycles. The molecule has 1 aromatic carbocycles. The highest BCUT2D eigenvalue weighted by atomic mass is 19.4. The summed E-state index contributed by atoms with van der Waals surface area (Å²) < 4.78 is 56.2. The van der Waals surface area contributed by atoms with Gasteiger partial charge in [-0.1, -0.05) is 12.1 Å². The molecule has 0 fully saturated rings. The highest BCUT2D eigenvalue weighted by Crippen LogP contribution is 2.33. The Morgan fingerprint density at radius 3 is 2.53 bits per heavy atom. The van der Waals surface area contributed by atoms with Crippen LogP contribution in [0, 0.1) is 5.82 Å². The predicted molar refractivity (Wildman–Crippen MR) is 61.2 cm³/mol. The maximum absolute atomic E-state index is 13.6. The van der Waals surface area contributed by atoms with Crippen LogP contribution in [0.4, 0.5) is 17.6 Å². The van der Waals surface area contributed by atoms with Gasteiger partial charge < -0.3 is 4.74 Å². The molecule has 0 bridgehead atoms. The molecule has 100 valence electrons. The molecule has 0 aliphatic heterocycles. The summed E-state index contributed by atoms with van der Waals surface area (Å²) in [5, 5.41) is 0. The van der Waals surface area contributed by atoms with Crippen LogP contribution in [0.25, 0.3) is 11.1 Å². The van der Waals surface area contributed by atoms with E-state index >= 15 is 0 Å². The monoisotopic (exact) mass is 271 g/mol. The number of rotatable bonds is 2. The molecule has 2 rings (SSSR count).